The summed E-state index contributed by atoms with van der Waals surface area (Å²) >= 11 is 5.94. The summed E-state index contributed by atoms with van der Waals surface area (Å²) in [5, 5.41) is 7.58. The maximum absolute atomic E-state index is 13.5. The highest BCUT2D eigenvalue weighted by atomic mass is 35.5. The Hall–Kier alpha value is -3.59. The lowest BCUT2D eigenvalue weighted by atomic mass is 10.1. The first-order chi connectivity index (χ1) is 15.1. The zero-order valence-electron chi connectivity index (χ0n) is 16.3. The van der Waals surface area contributed by atoms with Crippen molar-refractivity contribution in [2.75, 3.05) is 22.5 Å². The van der Waals surface area contributed by atoms with E-state index in [2.05, 4.69) is 16.0 Å². The fraction of sp³-hybridized carbons (Fsp3) is 0.0909. The van der Waals surface area contributed by atoms with Crippen molar-refractivity contribution >= 4 is 40.5 Å². The monoisotopic (exact) mass is 465 g/mol. The lowest BCUT2D eigenvalue weighted by molar-refractivity contribution is -0.137. The molecule has 2 amide bonds. The van der Waals surface area contributed by atoms with E-state index in [1.165, 1.54) is 18.2 Å². The van der Waals surface area contributed by atoms with Gasteiger partial charge in [0.15, 0.2) is 0 Å². The van der Waals surface area contributed by atoms with Crippen LogP contribution in [-0.4, -0.2) is 18.4 Å². The molecule has 0 aliphatic carbocycles. The van der Waals surface area contributed by atoms with Gasteiger partial charge in [0, 0.05) is 16.9 Å². The van der Waals surface area contributed by atoms with Gasteiger partial charge in [-0.05, 0) is 54.6 Å². The molecule has 3 rings (SSSR count). The molecular weight excluding hydrogens is 450 g/mol. The van der Waals surface area contributed by atoms with Crippen LogP contribution in [0, 0.1) is 5.82 Å². The molecule has 0 spiro atoms. The third kappa shape index (κ3) is 5.98. The van der Waals surface area contributed by atoms with E-state index in [0.29, 0.717) is 5.69 Å². The highest BCUT2D eigenvalue weighted by molar-refractivity contribution is 6.33. The molecule has 3 aromatic carbocycles. The molecule has 0 atom stereocenters. The number of para-hydroxylation sites is 1. The normalized spacial score (nSPS) is 11.0. The van der Waals surface area contributed by atoms with Crippen molar-refractivity contribution in [1.82, 2.24) is 0 Å². The van der Waals surface area contributed by atoms with Gasteiger partial charge in [-0.1, -0.05) is 23.7 Å². The van der Waals surface area contributed by atoms with E-state index < -0.39 is 35.9 Å². The van der Waals surface area contributed by atoms with Crippen LogP contribution in [0.5, 0.6) is 0 Å². The van der Waals surface area contributed by atoms with Crippen LogP contribution in [-0.2, 0) is 11.0 Å². The number of benzene rings is 3. The lowest BCUT2D eigenvalue weighted by Gasteiger charge is -2.16. The molecule has 10 heteroatoms. The molecular formula is C22H16ClF4N3O2. The van der Waals surface area contributed by atoms with Crippen LogP contribution in [0.2, 0.25) is 5.02 Å². The van der Waals surface area contributed by atoms with Gasteiger partial charge in [-0.3, -0.25) is 9.59 Å². The molecule has 0 aliphatic rings. The molecule has 0 saturated heterocycles. The number of nitrogens with one attached hydrogen (secondary N) is 3. The average Bonchev–Trinajstić information content (AvgIpc) is 2.74. The average molecular weight is 466 g/mol. The summed E-state index contributed by atoms with van der Waals surface area (Å²) in [6.07, 6.45) is -4.75. The highest BCUT2D eigenvalue weighted by Crippen LogP contribution is 2.36. The molecule has 3 aromatic rings. The number of hydrogen-bond donors (Lipinski definition) is 3. The third-order valence-electron chi connectivity index (χ3n) is 4.28. The standard InChI is InChI=1S/C22H16ClF4N3O2/c23-17-3-1-2-4-19(17)30-20(31)12-28-18-10-9-15(11-16(18)22(25,26)27)29-21(32)13-5-7-14(24)8-6-13/h1-11,28H,12H2,(H,29,32)(H,30,31). The van der Waals surface area contributed by atoms with Crippen LogP contribution in [0.1, 0.15) is 15.9 Å². The van der Waals surface area contributed by atoms with E-state index in [9.17, 15) is 27.2 Å². The fourth-order valence-electron chi connectivity index (χ4n) is 2.75. The van der Waals surface area contributed by atoms with Gasteiger partial charge in [0.2, 0.25) is 5.91 Å². The summed E-state index contributed by atoms with van der Waals surface area (Å²) in [6, 6.07) is 14.1. The zero-order chi connectivity index (χ0) is 23.3. The van der Waals surface area contributed by atoms with Gasteiger partial charge in [0.05, 0.1) is 22.8 Å². The maximum atomic E-state index is 13.5. The topological polar surface area (TPSA) is 70.2 Å². The van der Waals surface area contributed by atoms with E-state index in [0.717, 1.165) is 24.3 Å². The fourth-order valence-corrected chi connectivity index (χ4v) is 2.93. The van der Waals surface area contributed by atoms with E-state index in [1.807, 2.05) is 0 Å². The zero-order valence-corrected chi connectivity index (χ0v) is 17.0. The third-order valence-corrected chi connectivity index (χ3v) is 4.61. The van der Waals surface area contributed by atoms with Crippen molar-refractivity contribution in [3.8, 4) is 0 Å². The van der Waals surface area contributed by atoms with E-state index in [-0.39, 0.29) is 22.0 Å². The van der Waals surface area contributed by atoms with E-state index in [1.54, 1.807) is 24.3 Å². The van der Waals surface area contributed by atoms with Gasteiger partial charge in [-0.25, -0.2) is 4.39 Å². The highest BCUT2D eigenvalue weighted by Gasteiger charge is 2.34. The smallest absolute Gasteiger partial charge is 0.376 e. The summed E-state index contributed by atoms with van der Waals surface area (Å²) in [4.78, 5) is 24.3. The second kappa shape index (κ2) is 9.69. The quantitative estimate of drug-likeness (QED) is 0.403. The van der Waals surface area contributed by atoms with Crippen molar-refractivity contribution in [2.24, 2.45) is 0 Å². The second-order valence-electron chi connectivity index (χ2n) is 6.60. The van der Waals surface area contributed by atoms with Gasteiger partial charge in [0.25, 0.3) is 5.91 Å². The number of rotatable bonds is 6. The summed E-state index contributed by atoms with van der Waals surface area (Å²) in [6.45, 7) is -0.449. The van der Waals surface area contributed by atoms with E-state index >= 15 is 0 Å². The molecule has 0 aromatic heterocycles. The Bertz CT molecular complexity index is 1130. The Labute approximate surface area is 185 Å². The summed E-state index contributed by atoms with van der Waals surface area (Å²) in [5.41, 5.74) is -1.11. The van der Waals surface area contributed by atoms with Gasteiger partial charge in [0.1, 0.15) is 5.82 Å². The Morgan fingerprint density at radius 2 is 1.56 bits per heavy atom. The SMILES string of the molecule is O=C(CNc1ccc(NC(=O)c2ccc(F)cc2)cc1C(F)(F)F)Nc1ccccc1Cl. The van der Waals surface area contributed by atoms with Gasteiger partial charge < -0.3 is 16.0 Å². The second-order valence-corrected chi connectivity index (χ2v) is 7.01. The minimum absolute atomic E-state index is 0.0819. The van der Waals surface area contributed by atoms with Crippen LogP contribution >= 0.6 is 11.6 Å². The van der Waals surface area contributed by atoms with Crippen LogP contribution < -0.4 is 16.0 Å². The molecule has 32 heavy (non-hydrogen) atoms. The minimum atomic E-state index is -4.75. The van der Waals surface area contributed by atoms with Crippen LogP contribution in [0.25, 0.3) is 0 Å². The van der Waals surface area contributed by atoms with Crippen molar-refractivity contribution in [3.05, 3.63) is 88.7 Å². The van der Waals surface area contributed by atoms with Crippen LogP contribution in [0.15, 0.2) is 66.7 Å². The summed E-state index contributed by atoms with van der Waals surface area (Å²) in [7, 11) is 0. The van der Waals surface area contributed by atoms with Crippen molar-refractivity contribution in [2.45, 2.75) is 6.18 Å². The minimum Gasteiger partial charge on any atom is -0.376 e. The predicted molar refractivity (Wildman–Crippen MR) is 114 cm³/mol. The number of carbonyl (C=O) groups is 2. The Balaban J connectivity index is 1.72. The Morgan fingerprint density at radius 3 is 2.22 bits per heavy atom. The van der Waals surface area contributed by atoms with Gasteiger partial charge in [-0.2, -0.15) is 13.2 Å². The molecule has 0 heterocycles. The largest absolute Gasteiger partial charge is 0.418 e. The number of carbonyl (C=O) groups excluding carboxylic acids is 2. The van der Waals surface area contributed by atoms with Crippen molar-refractivity contribution in [3.63, 3.8) is 0 Å². The van der Waals surface area contributed by atoms with Crippen molar-refractivity contribution < 1.29 is 27.2 Å². The maximum Gasteiger partial charge on any atom is 0.418 e. The first-order valence-electron chi connectivity index (χ1n) is 9.20. The molecule has 0 saturated carbocycles. The number of alkyl halides is 3. The lowest BCUT2D eigenvalue weighted by Crippen LogP contribution is -2.23. The number of hydrogen-bond acceptors (Lipinski definition) is 3. The van der Waals surface area contributed by atoms with Crippen LogP contribution in [0.4, 0.5) is 34.6 Å². The number of anilines is 3. The Kier molecular flexibility index (Phi) is 6.99. The first kappa shape index (κ1) is 23.1. The molecule has 0 radical (unpaired) electrons. The molecule has 0 bridgehead atoms. The van der Waals surface area contributed by atoms with Gasteiger partial charge >= 0.3 is 6.18 Å². The van der Waals surface area contributed by atoms with Gasteiger partial charge in [-0.15, -0.1) is 0 Å². The molecule has 5 nitrogen and oxygen atoms in total. The molecule has 0 fully saturated rings. The van der Waals surface area contributed by atoms with Crippen LogP contribution in [0.3, 0.4) is 0 Å². The van der Waals surface area contributed by atoms with Crippen molar-refractivity contribution in [1.29, 1.82) is 0 Å². The first-order valence-corrected chi connectivity index (χ1v) is 9.57. The predicted octanol–water partition coefficient (Wildman–Crippen LogP) is 5.80. The van der Waals surface area contributed by atoms with E-state index in [4.69, 9.17) is 11.6 Å². The molecule has 166 valence electrons. The summed E-state index contributed by atoms with van der Waals surface area (Å²) in [5.74, 6) is -1.84. The molecule has 0 aliphatic heterocycles. The molecule has 0 unspecified atom stereocenters. The Morgan fingerprint density at radius 1 is 0.875 bits per heavy atom. The molecule has 3 N–H and O–H groups in total. The summed E-state index contributed by atoms with van der Waals surface area (Å²) < 4.78 is 53.6. The number of amides is 2. The number of halogens is 5.